The Morgan fingerprint density at radius 2 is 1.79 bits per heavy atom. The Hall–Kier alpha value is -4.13. The average Bonchev–Trinajstić information content (AvgIpc) is 3.50. The van der Waals surface area contributed by atoms with Gasteiger partial charge in [-0.3, -0.25) is 14.6 Å². The number of oxime groups is 1. The van der Waals surface area contributed by atoms with Gasteiger partial charge in [-0.1, -0.05) is 56.8 Å². The molecule has 3 aliphatic rings. The number of carbonyl (C=O) groups is 3. The number of rotatable bonds is 7. The number of likely N-dealkylation sites (N-methyl/N-ethyl adjacent to an activating group) is 1. The number of ether oxygens (including phenoxy) is 6. The molecule has 13 atom stereocenters. The van der Waals surface area contributed by atoms with E-state index >= 15 is 0 Å². The molecule has 4 heterocycles. The Balaban J connectivity index is 1.56. The van der Waals surface area contributed by atoms with E-state index in [9.17, 15) is 19.5 Å². The van der Waals surface area contributed by atoms with Crippen molar-refractivity contribution in [1.82, 2.24) is 9.88 Å². The first-order valence-electron chi connectivity index (χ1n) is 19.8. The standard InChI is InChI=1S/C43H59N3O11/c1-12-33-43(8)38(56-41(50)57-43)26(4)34(45-52-20-14-17-29-15-13-16-30-23-44-19-18-31(29)30)24(2)22-42(7,51-11)37(27(5)35(47)28(6)39(49)54-33)55-40-36(48)32(46(9)10)21-25(3)53-40/h13,15-16,18-19,23-28,32-33,36-38,40,48H,12,20-22H2,1-11H3/b45-34+/t24-,25-,26+,27+,28-,32+,33-,36-,37-,38-,40+,42-,43-/m1/s1. The lowest BCUT2D eigenvalue weighted by Crippen LogP contribution is -2.59. The molecule has 2 aromatic rings. The number of esters is 1. The van der Waals surface area contributed by atoms with Gasteiger partial charge in [-0.05, 0) is 73.2 Å². The lowest BCUT2D eigenvalue weighted by molar-refractivity contribution is -0.295. The van der Waals surface area contributed by atoms with Gasteiger partial charge in [-0.25, -0.2) is 4.79 Å². The molecular formula is C43H59N3O11. The molecule has 0 unspecified atom stereocenters. The van der Waals surface area contributed by atoms with Crippen LogP contribution in [0.15, 0.2) is 41.8 Å². The maximum absolute atomic E-state index is 14.3. The van der Waals surface area contributed by atoms with Crippen LogP contribution in [0.2, 0.25) is 0 Å². The van der Waals surface area contributed by atoms with Crippen LogP contribution >= 0.6 is 0 Å². The predicted octanol–water partition coefficient (Wildman–Crippen LogP) is 5.31. The van der Waals surface area contributed by atoms with Gasteiger partial charge in [0.05, 0.1) is 23.5 Å². The summed E-state index contributed by atoms with van der Waals surface area (Å²) in [6.45, 7) is 14.1. The summed E-state index contributed by atoms with van der Waals surface area (Å²) < 4.78 is 36.8. The number of aliphatic hydroxyl groups is 1. The number of methoxy groups -OCH3 is 1. The third-order valence-electron chi connectivity index (χ3n) is 12.0. The van der Waals surface area contributed by atoms with Crippen LogP contribution in [0, 0.1) is 35.5 Å². The van der Waals surface area contributed by atoms with Gasteiger partial charge < -0.3 is 43.3 Å². The summed E-state index contributed by atoms with van der Waals surface area (Å²) in [6, 6.07) is 7.43. The Labute approximate surface area is 335 Å². The van der Waals surface area contributed by atoms with Gasteiger partial charge in [-0.2, -0.15) is 0 Å². The monoisotopic (exact) mass is 793 g/mol. The fraction of sp³-hybridized carbons (Fsp3) is 0.651. The van der Waals surface area contributed by atoms with Crippen molar-refractivity contribution in [3.8, 4) is 11.8 Å². The van der Waals surface area contributed by atoms with E-state index < -0.39 is 83.5 Å². The van der Waals surface area contributed by atoms with E-state index in [-0.39, 0.29) is 31.6 Å². The molecule has 1 aromatic carbocycles. The van der Waals surface area contributed by atoms with Gasteiger partial charge >= 0.3 is 12.1 Å². The van der Waals surface area contributed by atoms with Crippen molar-refractivity contribution in [2.24, 2.45) is 28.8 Å². The summed E-state index contributed by atoms with van der Waals surface area (Å²) in [5.74, 6) is 1.73. The second-order valence-electron chi connectivity index (χ2n) is 16.4. The van der Waals surface area contributed by atoms with E-state index in [1.165, 1.54) is 14.0 Å². The van der Waals surface area contributed by atoms with Crippen LogP contribution in [0.25, 0.3) is 10.8 Å². The predicted molar refractivity (Wildman–Crippen MR) is 211 cm³/mol. The van der Waals surface area contributed by atoms with Crippen LogP contribution in [0.1, 0.15) is 80.2 Å². The second-order valence-corrected chi connectivity index (χ2v) is 16.4. The van der Waals surface area contributed by atoms with Gasteiger partial charge in [0.2, 0.25) is 0 Å². The SMILES string of the molecule is CC[C@H]1OC(=O)[C@H](C)C(=O)[C@H](C)[C@@H](O[C@@H]2O[C@H](C)C[C@H](N(C)C)[C@H]2O)[C@](C)(OC)C[C@@H](C)/C(=N\OCC#Cc2cccc3cnccc23)[C@H](C)[C@H]2OC(=O)O[C@@]21C. The van der Waals surface area contributed by atoms with Crippen LogP contribution in [-0.2, 0) is 42.8 Å². The van der Waals surface area contributed by atoms with Crippen LogP contribution < -0.4 is 0 Å². The highest BCUT2D eigenvalue weighted by Gasteiger charge is 2.58. The molecular weight excluding hydrogens is 734 g/mol. The number of hydrogen-bond donors (Lipinski definition) is 1. The average molecular weight is 794 g/mol. The number of pyridine rings is 1. The first-order valence-corrected chi connectivity index (χ1v) is 19.8. The minimum atomic E-state index is -1.44. The molecule has 1 aromatic heterocycles. The Morgan fingerprint density at radius 3 is 2.47 bits per heavy atom. The van der Waals surface area contributed by atoms with E-state index in [1.54, 1.807) is 33.2 Å². The van der Waals surface area contributed by atoms with Crippen molar-refractivity contribution < 1.29 is 52.7 Å². The van der Waals surface area contributed by atoms with Crippen molar-refractivity contribution in [2.75, 3.05) is 27.8 Å². The Bertz CT molecular complexity index is 1850. The summed E-state index contributed by atoms with van der Waals surface area (Å²) in [4.78, 5) is 53.1. The highest BCUT2D eigenvalue weighted by Crippen LogP contribution is 2.42. The highest BCUT2D eigenvalue weighted by atomic mass is 16.8. The smallest absolute Gasteiger partial charge is 0.457 e. The molecule has 3 aliphatic heterocycles. The van der Waals surface area contributed by atoms with Crippen LogP contribution in [0.3, 0.4) is 0 Å². The molecule has 0 aliphatic carbocycles. The summed E-state index contributed by atoms with van der Waals surface area (Å²) in [5, 5.41) is 18.1. The first kappa shape index (κ1) is 44.0. The molecule has 57 heavy (non-hydrogen) atoms. The molecule has 0 saturated carbocycles. The number of cyclic esters (lactones) is 1. The zero-order valence-electron chi connectivity index (χ0n) is 35.0. The summed E-state index contributed by atoms with van der Waals surface area (Å²) in [5.41, 5.74) is -1.37. The molecule has 3 saturated heterocycles. The van der Waals surface area contributed by atoms with Gasteiger partial charge in [0.15, 0.2) is 30.4 Å². The van der Waals surface area contributed by atoms with Gasteiger partial charge in [-0.15, -0.1) is 0 Å². The minimum Gasteiger partial charge on any atom is -0.457 e. The summed E-state index contributed by atoms with van der Waals surface area (Å²) in [6.07, 6.45) is -1.75. The zero-order chi connectivity index (χ0) is 41.8. The topological polar surface area (TPSA) is 165 Å². The largest absolute Gasteiger partial charge is 0.509 e. The number of ketones is 1. The van der Waals surface area contributed by atoms with Crippen molar-refractivity contribution in [2.45, 2.75) is 129 Å². The molecule has 0 amide bonds. The van der Waals surface area contributed by atoms with Gasteiger partial charge in [0.1, 0.15) is 18.1 Å². The molecule has 5 rings (SSSR count). The molecule has 0 spiro atoms. The molecule has 312 valence electrons. The van der Waals surface area contributed by atoms with Gasteiger partial charge in [0, 0.05) is 59.6 Å². The van der Waals surface area contributed by atoms with Crippen LogP contribution in [0.5, 0.6) is 0 Å². The lowest BCUT2D eigenvalue weighted by atomic mass is 9.74. The number of hydrogen-bond acceptors (Lipinski definition) is 14. The minimum absolute atomic E-state index is 0.0589. The van der Waals surface area contributed by atoms with E-state index in [0.29, 0.717) is 12.1 Å². The fourth-order valence-corrected chi connectivity index (χ4v) is 8.73. The third kappa shape index (κ3) is 9.29. The maximum Gasteiger partial charge on any atom is 0.509 e. The second kappa shape index (κ2) is 18.2. The molecule has 0 radical (unpaired) electrons. The van der Waals surface area contributed by atoms with Gasteiger partial charge in [0.25, 0.3) is 0 Å². The number of carbonyl (C=O) groups excluding carboxylic acids is 3. The molecule has 14 heteroatoms. The number of aliphatic hydroxyl groups excluding tert-OH is 1. The van der Waals surface area contributed by atoms with Crippen LogP contribution in [-0.4, -0.2) is 120 Å². The van der Waals surface area contributed by atoms with E-state index in [2.05, 4.69) is 22.0 Å². The van der Waals surface area contributed by atoms with Crippen LogP contribution in [0.4, 0.5) is 4.79 Å². The maximum atomic E-state index is 14.3. The normalized spacial score (nSPS) is 37.4. The van der Waals surface area contributed by atoms with E-state index in [1.807, 2.05) is 71.0 Å². The molecule has 1 N–H and O–H groups in total. The van der Waals surface area contributed by atoms with Crippen molar-refractivity contribution in [3.05, 3.63) is 42.2 Å². The highest BCUT2D eigenvalue weighted by molar-refractivity contribution is 6.00. The molecule has 14 nitrogen and oxygen atoms in total. The first-order chi connectivity index (χ1) is 26.9. The number of Topliss-reactive ketones (excluding diaryl/α,β-unsaturated/α-hetero) is 1. The lowest BCUT2D eigenvalue weighted by Gasteiger charge is -2.47. The Kier molecular flexibility index (Phi) is 14.0. The number of fused-ring (bicyclic) bond motifs is 2. The van der Waals surface area contributed by atoms with Crippen molar-refractivity contribution >= 4 is 34.4 Å². The fourth-order valence-electron chi connectivity index (χ4n) is 8.73. The quantitative estimate of drug-likeness (QED) is 0.126. The van der Waals surface area contributed by atoms with Crippen molar-refractivity contribution in [1.29, 1.82) is 0 Å². The summed E-state index contributed by atoms with van der Waals surface area (Å²) in [7, 11) is 5.28. The number of nitrogens with zero attached hydrogens (tertiary/aromatic N) is 3. The molecule has 0 bridgehead atoms. The summed E-state index contributed by atoms with van der Waals surface area (Å²) >= 11 is 0. The third-order valence-corrected chi connectivity index (χ3v) is 12.0. The Morgan fingerprint density at radius 1 is 1.05 bits per heavy atom. The molecule has 3 fully saturated rings. The zero-order valence-corrected chi connectivity index (χ0v) is 35.0. The van der Waals surface area contributed by atoms with E-state index in [4.69, 9.17) is 33.3 Å². The number of aromatic nitrogens is 1. The number of benzene rings is 1. The van der Waals surface area contributed by atoms with E-state index in [0.717, 1.165) is 16.3 Å². The van der Waals surface area contributed by atoms with Crippen molar-refractivity contribution in [3.63, 3.8) is 0 Å².